The Morgan fingerprint density at radius 2 is 0.865 bits per heavy atom. The number of hydrogen-bond donors (Lipinski definition) is 0. The van der Waals surface area contributed by atoms with Gasteiger partial charge in [0, 0.05) is 0 Å². The van der Waals surface area contributed by atoms with Gasteiger partial charge in [-0.15, -0.1) is 0 Å². The average Bonchev–Trinajstić information content (AvgIpc) is 2.89. The van der Waals surface area contributed by atoms with Crippen LogP contribution in [0.25, 0.3) is 0 Å². The zero-order valence-electron chi connectivity index (χ0n) is 20.2. The van der Waals surface area contributed by atoms with Gasteiger partial charge in [0.05, 0.1) is 92.0 Å². The number of carbonyl (C=O) groups is 1. The van der Waals surface area contributed by atoms with Crippen molar-refractivity contribution in [2.24, 2.45) is 0 Å². The molecular weight excluding hydrogens is 515 g/mol. The van der Waals surface area contributed by atoms with Crippen molar-refractivity contribution >= 4 is 5.97 Å². The predicted molar refractivity (Wildman–Crippen MR) is 118 cm³/mol. The maximum absolute atomic E-state index is 13.5. The molecule has 0 aliphatic carbocycles. The fourth-order valence-corrected chi connectivity index (χ4v) is 2.39. The minimum atomic E-state index is -2.34. The van der Waals surface area contributed by atoms with Crippen molar-refractivity contribution < 1.29 is 64.6 Å². The fourth-order valence-electron chi connectivity index (χ4n) is 2.39. The lowest BCUT2D eigenvalue weighted by atomic mass is 10.2. The summed E-state index contributed by atoms with van der Waals surface area (Å²) in [5.74, 6) is -14.1. The summed E-state index contributed by atoms with van der Waals surface area (Å²) in [5, 5.41) is 0. The van der Waals surface area contributed by atoms with Crippen LogP contribution in [0.2, 0.25) is 0 Å². The molecule has 0 saturated carbocycles. The highest BCUT2D eigenvalue weighted by Gasteiger charge is 2.28. The number of esters is 1. The maximum atomic E-state index is 13.5. The molecule has 0 fully saturated rings. The van der Waals surface area contributed by atoms with Gasteiger partial charge in [0.2, 0.25) is 34.8 Å². The van der Waals surface area contributed by atoms with E-state index < -0.39 is 47.2 Å². The van der Waals surface area contributed by atoms with Gasteiger partial charge in [0.15, 0.2) is 0 Å². The summed E-state index contributed by atoms with van der Waals surface area (Å²) in [4.78, 5) is 11.6. The van der Waals surface area contributed by atoms with E-state index in [1.165, 1.54) is 6.26 Å². The van der Waals surface area contributed by atoms with Crippen LogP contribution in [0.15, 0.2) is 12.8 Å². The van der Waals surface area contributed by atoms with Crippen molar-refractivity contribution in [2.45, 2.75) is 6.42 Å². The number of halogens is 5. The lowest BCUT2D eigenvalue weighted by molar-refractivity contribution is -0.136. The van der Waals surface area contributed by atoms with Crippen molar-refractivity contribution in [1.29, 1.82) is 0 Å². The molecule has 37 heavy (non-hydrogen) atoms. The van der Waals surface area contributed by atoms with Crippen LogP contribution in [0.5, 0.6) is 5.75 Å². The van der Waals surface area contributed by atoms with E-state index in [1.807, 2.05) is 0 Å². The molecular formula is C23H31F5O9. The summed E-state index contributed by atoms with van der Waals surface area (Å²) in [6.45, 7) is 7.54. The van der Waals surface area contributed by atoms with E-state index in [0.717, 1.165) is 0 Å². The second kappa shape index (κ2) is 20.7. The van der Waals surface area contributed by atoms with E-state index in [9.17, 15) is 26.7 Å². The molecule has 0 heterocycles. The molecule has 1 aromatic carbocycles. The Labute approximate surface area is 211 Å². The van der Waals surface area contributed by atoms with Gasteiger partial charge in [-0.1, -0.05) is 6.58 Å². The Balaban J connectivity index is 1.90. The lowest BCUT2D eigenvalue weighted by Crippen LogP contribution is -2.16. The van der Waals surface area contributed by atoms with Gasteiger partial charge in [-0.2, -0.15) is 8.78 Å². The third kappa shape index (κ3) is 14.2. The van der Waals surface area contributed by atoms with Crippen LogP contribution in [0.1, 0.15) is 6.42 Å². The van der Waals surface area contributed by atoms with Gasteiger partial charge in [0.25, 0.3) is 0 Å². The highest BCUT2D eigenvalue weighted by molar-refractivity contribution is 5.72. The molecule has 0 unspecified atom stereocenters. The molecule has 1 rings (SSSR count). The average molecular weight is 546 g/mol. The topological polar surface area (TPSA) is 90.9 Å². The molecule has 0 spiro atoms. The van der Waals surface area contributed by atoms with Crippen LogP contribution in [-0.2, 0) is 38.0 Å². The summed E-state index contributed by atoms with van der Waals surface area (Å²) >= 11 is 0. The Kier molecular flexibility index (Phi) is 18.3. The molecule has 1 aromatic rings. The molecule has 212 valence electrons. The molecule has 0 bridgehead atoms. The fraction of sp³-hybridized carbons (Fsp3) is 0.609. The first kappa shape index (κ1) is 32.7. The van der Waals surface area contributed by atoms with Crippen molar-refractivity contribution in [3.63, 3.8) is 0 Å². The maximum Gasteiger partial charge on any atom is 0.313 e. The predicted octanol–water partition coefficient (Wildman–Crippen LogP) is 2.94. The van der Waals surface area contributed by atoms with Crippen LogP contribution >= 0.6 is 0 Å². The SMILES string of the molecule is C=COCCOCCOCCOCCOCCOCCOCCC(=O)Oc1c(F)c(F)c(F)c(F)c1F. The van der Waals surface area contributed by atoms with E-state index in [0.29, 0.717) is 59.5 Å². The minimum Gasteiger partial charge on any atom is -0.499 e. The summed E-state index contributed by atoms with van der Waals surface area (Å²) < 4.78 is 107. The summed E-state index contributed by atoms with van der Waals surface area (Å²) in [5.41, 5.74) is 0. The monoisotopic (exact) mass is 546 g/mol. The summed E-state index contributed by atoms with van der Waals surface area (Å²) in [6, 6.07) is 0. The van der Waals surface area contributed by atoms with Crippen molar-refractivity contribution in [3.05, 3.63) is 41.9 Å². The smallest absolute Gasteiger partial charge is 0.313 e. The Hall–Kier alpha value is -2.36. The number of rotatable bonds is 23. The third-order valence-electron chi connectivity index (χ3n) is 4.16. The van der Waals surface area contributed by atoms with Gasteiger partial charge >= 0.3 is 5.97 Å². The Morgan fingerprint density at radius 3 is 1.24 bits per heavy atom. The molecule has 0 saturated heterocycles. The van der Waals surface area contributed by atoms with Crippen LogP contribution < -0.4 is 4.74 Å². The van der Waals surface area contributed by atoms with Crippen molar-refractivity contribution in [3.8, 4) is 5.75 Å². The van der Waals surface area contributed by atoms with Gasteiger partial charge in [-0.05, 0) is 0 Å². The second-order valence-electron chi connectivity index (χ2n) is 6.83. The Morgan fingerprint density at radius 1 is 0.541 bits per heavy atom. The molecule has 0 radical (unpaired) electrons. The first-order chi connectivity index (χ1) is 17.9. The molecule has 0 N–H and O–H groups in total. The molecule has 0 atom stereocenters. The normalized spacial score (nSPS) is 11.1. The molecule has 0 aromatic heterocycles. The molecule has 0 amide bonds. The van der Waals surface area contributed by atoms with Crippen LogP contribution in [0.4, 0.5) is 22.0 Å². The van der Waals surface area contributed by atoms with Crippen LogP contribution in [-0.4, -0.2) is 91.9 Å². The number of ether oxygens (including phenoxy) is 8. The molecule has 0 aliphatic heterocycles. The second-order valence-corrected chi connectivity index (χ2v) is 6.83. The molecule has 9 nitrogen and oxygen atoms in total. The quantitative estimate of drug-likeness (QED) is 0.0391. The Bertz CT molecular complexity index is 769. The summed E-state index contributed by atoms with van der Waals surface area (Å²) in [7, 11) is 0. The van der Waals surface area contributed by atoms with Crippen molar-refractivity contribution in [1.82, 2.24) is 0 Å². The van der Waals surface area contributed by atoms with Gasteiger partial charge in [-0.3, -0.25) is 4.79 Å². The van der Waals surface area contributed by atoms with E-state index in [4.69, 9.17) is 33.2 Å². The zero-order valence-corrected chi connectivity index (χ0v) is 20.2. The highest BCUT2D eigenvalue weighted by atomic mass is 19.2. The van der Waals surface area contributed by atoms with Crippen molar-refractivity contribution in [2.75, 3.05) is 85.9 Å². The van der Waals surface area contributed by atoms with E-state index in [1.54, 1.807) is 0 Å². The van der Waals surface area contributed by atoms with E-state index in [-0.39, 0.29) is 26.4 Å². The zero-order chi connectivity index (χ0) is 27.3. The van der Waals surface area contributed by atoms with E-state index in [2.05, 4.69) is 11.3 Å². The largest absolute Gasteiger partial charge is 0.499 e. The first-order valence-electron chi connectivity index (χ1n) is 11.3. The molecule has 0 aliphatic rings. The van der Waals surface area contributed by atoms with Crippen LogP contribution in [0.3, 0.4) is 0 Å². The standard InChI is InChI=1S/C23H31F5O9/c1-2-30-5-6-32-9-10-34-13-14-36-16-15-35-12-11-33-8-7-31-4-3-17(29)37-23-21(27)19(25)18(24)20(26)22(23)28/h2H,1,3-16H2. The lowest BCUT2D eigenvalue weighted by Gasteiger charge is -2.09. The number of benzene rings is 1. The molecule has 14 heteroatoms. The van der Waals surface area contributed by atoms with Gasteiger partial charge in [-0.25, -0.2) is 13.2 Å². The number of hydrogen-bond acceptors (Lipinski definition) is 9. The highest BCUT2D eigenvalue weighted by Crippen LogP contribution is 2.29. The first-order valence-corrected chi connectivity index (χ1v) is 11.3. The summed E-state index contributed by atoms with van der Waals surface area (Å²) in [6.07, 6.45) is 0.874. The van der Waals surface area contributed by atoms with Crippen LogP contribution in [0, 0.1) is 29.1 Å². The number of carbonyl (C=O) groups excluding carboxylic acids is 1. The third-order valence-corrected chi connectivity index (χ3v) is 4.16. The minimum absolute atomic E-state index is 0.0898. The van der Waals surface area contributed by atoms with Gasteiger partial charge < -0.3 is 37.9 Å². The van der Waals surface area contributed by atoms with Gasteiger partial charge in [0.1, 0.15) is 6.61 Å². The van der Waals surface area contributed by atoms with E-state index >= 15 is 0 Å².